The highest BCUT2D eigenvalue weighted by Gasteiger charge is 2.19. The van der Waals surface area contributed by atoms with Crippen molar-refractivity contribution in [3.8, 4) is 11.4 Å². The first-order valence-corrected chi connectivity index (χ1v) is 7.98. The zero-order valence-corrected chi connectivity index (χ0v) is 13.1. The molecule has 0 bridgehead atoms. The van der Waals surface area contributed by atoms with Crippen LogP contribution in [0, 0.1) is 6.92 Å². The molecule has 5 nitrogen and oxygen atoms in total. The van der Waals surface area contributed by atoms with Gasteiger partial charge in [-0.15, -0.1) is 0 Å². The molecule has 118 valence electrons. The van der Waals surface area contributed by atoms with Crippen molar-refractivity contribution in [1.29, 1.82) is 0 Å². The summed E-state index contributed by atoms with van der Waals surface area (Å²) >= 11 is 0. The molecular weight excluding hydrogens is 290 g/mol. The fourth-order valence-electron chi connectivity index (χ4n) is 3.26. The van der Waals surface area contributed by atoms with E-state index >= 15 is 0 Å². The average Bonchev–Trinajstić information content (AvgIpc) is 3.20. The van der Waals surface area contributed by atoms with Crippen LogP contribution in [0.15, 0.2) is 41.5 Å². The first-order valence-electron chi connectivity index (χ1n) is 7.98. The molecule has 23 heavy (non-hydrogen) atoms. The number of H-pyrrole nitrogens is 1. The number of aromatic nitrogens is 3. The number of hydrogen-bond donors (Lipinski definition) is 1. The van der Waals surface area contributed by atoms with Gasteiger partial charge < -0.3 is 14.3 Å². The summed E-state index contributed by atoms with van der Waals surface area (Å²) in [6.45, 7) is 3.56. The molecule has 1 fully saturated rings. The van der Waals surface area contributed by atoms with E-state index in [9.17, 15) is 4.79 Å². The van der Waals surface area contributed by atoms with Gasteiger partial charge in [-0.3, -0.25) is 4.79 Å². The molecule has 0 saturated carbocycles. The second kappa shape index (κ2) is 5.66. The zero-order valence-electron chi connectivity index (χ0n) is 13.1. The summed E-state index contributed by atoms with van der Waals surface area (Å²) in [7, 11) is 0. The minimum atomic E-state index is -0.105. The molecule has 0 spiro atoms. The van der Waals surface area contributed by atoms with Gasteiger partial charge in [0.1, 0.15) is 5.82 Å². The summed E-state index contributed by atoms with van der Waals surface area (Å²) in [4.78, 5) is 19.9. The van der Waals surface area contributed by atoms with Crippen molar-refractivity contribution in [1.82, 2.24) is 14.5 Å². The Balaban J connectivity index is 1.79. The highest BCUT2D eigenvalue weighted by atomic mass is 16.5. The molecule has 1 aliphatic heterocycles. The molecule has 1 atom stereocenters. The molecule has 3 aromatic rings. The Morgan fingerprint density at radius 1 is 1.43 bits per heavy atom. The van der Waals surface area contributed by atoms with Crippen LogP contribution in [-0.4, -0.2) is 27.2 Å². The van der Waals surface area contributed by atoms with Crippen molar-refractivity contribution in [2.24, 2.45) is 0 Å². The van der Waals surface area contributed by atoms with Crippen molar-refractivity contribution in [3.63, 3.8) is 0 Å². The van der Waals surface area contributed by atoms with Crippen LogP contribution in [0.4, 0.5) is 0 Å². The molecule has 0 aliphatic carbocycles. The number of fused-ring (bicyclic) bond motifs is 1. The predicted molar refractivity (Wildman–Crippen MR) is 89.5 cm³/mol. The minimum absolute atomic E-state index is 0.105. The van der Waals surface area contributed by atoms with E-state index in [1.807, 2.05) is 42.0 Å². The number of rotatable bonds is 3. The van der Waals surface area contributed by atoms with Crippen LogP contribution in [0.1, 0.15) is 18.4 Å². The summed E-state index contributed by atoms with van der Waals surface area (Å²) in [6, 6.07) is 7.93. The van der Waals surface area contributed by atoms with Crippen LogP contribution >= 0.6 is 0 Å². The molecule has 4 rings (SSSR count). The standard InChI is InChI=1S/C18H19N3O2/c1-12-4-2-5-13-10-15(18(22)20-16(12)13)17-19-7-8-21(17)11-14-6-3-9-23-14/h2,4-5,7-8,10,14H,3,6,9,11H2,1H3,(H,20,22). The lowest BCUT2D eigenvalue weighted by atomic mass is 10.1. The number of aryl methyl sites for hydroxylation is 1. The van der Waals surface area contributed by atoms with Crippen molar-refractivity contribution < 1.29 is 4.74 Å². The van der Waals surface area contributed by atoms with Gasteiger partial charge in [-0.1, -0.05) is 18.2 Å². The van der Waals surface area contributed by atoms with Gasteiger partial charge in [0.25, 0.3) is 5.56 Å². The van der Waals surface area contributed by atoms with Crippen LogP contribution in [0.2, 0.25) is 0 Å². The van der Waals surface area contributed by atoms with Gasteiger partial charge in [0.15, 0.2) is 0 Å². The number of imidazole rings is 1. The smallest absolute Gasteiger partial charge is 0.259 e. The Hall–Kier alpha value is -2.40. The number of nitrogens with one attached hydrogen (secondary N) is 1. The Morgan fingerprint density at radius 2 is 2.35 bits per heavy atom. The summed E-state index contributed by atoms with van der Waals surface area (Å²) in [5.41, 5.74) is 2.45. The number of ether oxygens (including phenoxy) is 1. The van der Waals surface area contributed by atoms with Crippen LogP contribution < -0.4 is 5.56 Å². The van der Waals surface area contributed by atoms with E-state index in [1.165, 1.54) is 0 Å². The maximum Gasteiger partial charge on any atom is 0.259 e. The predicted octanol–water partition coefficient (Wildman–Crippen LogP) is 2.88. The van der Waals surface area contributed by atoms with Crippen LogP contribution in [0.5, 0.6) is 0 Å². The van der Waals surface area contributed by atoms with Gasteiger partial charge in [-0.05, 0) is 36.8 Å². The zero-order chi connectivity index (χ0) is 15.8. The molecule has 5 heteroatoms. The largest absolute Gasteiger partial charge is 0.376 e. The van der Waals surface area contributed by atoms with Gasteiger partial charge in [0.05, 0.1) is 23.7 Å². The lowest BCUT2D eigenvalue weighted by molar-refractivity contribution is 0.0973. The topological polar surface area (TPSA) is 59.9 Å². The van der Waals surface area contributed by atoms with Gasteiger partial charge >= 0.3 is 0 Å². The summed E-state index contributed by atoms with van der Waals surface area (Å²) in [6.07, 6.45) is 6.03. The quantitative estimate of drug-likeness (QED) is 0.809. The molecule has 1 aromatic carbocycles. The Morgan fingerprint density at radius 3 is 3.17 bits per heavy atom. The number of pyridine rings is 1. The average molecular weight is 309 g/mol. The minimum Gasteiger partial charge on any atom is -0.376 e. The lowest BCUT2D eigenvalue weighted by Gasteiger charge is -2.13. The second-order valence-electron chi connectivity index (χ2n) is 6.09. The monoisotopic (exact) mass is 309 g/mol. The molecule has 1 aliphatic rings. The Labute approximate surface area is 133 Å². The SMILES string of the molecule is Cc1cccc2cc(-c3nccn3CC3CCCO3)c(=O)[nH]c12. The van der Waals surface area contributed by atoms with Crippen LogP contribution in [-0.2, 0) is 11.3 Å². The fraction of sp³-hybridized carbons (Fsp3) is 0.333. The molecule has 0 amide bonds. The molecule has 0 radical (unpaired) electrons. The number of hydrogen-bond acceptors (Lipinski definition) is 3. The maximum atomic E-state index is 12.5. The fourth-order valence-corrected chi connectivity index (χ4v) is 3.26. The summed E-state index contributed by atoms with van der Waals surface area (Å²) in [5, 5.41) is 1.02. The number of nitrogens with zero attached hydrogens (tertiary/aromatic N) is 2. The molecule has 1 N–H and O–H groups in total. The number of aromatic amines is 1. The van der Waals surface area contributed by atoms with E-state index < -0.39 is 0 Å². The van der Waals surface area contributed by atoms with Gasteiger partial charge in [-0.2, -0.15) is 0 Å². The van der Waals surface area contributed by atoms with Gasteiger partial charge in [-0.25, -0.2) is 4.98 Å². The first kappa shape index (κ1) is 14.2. The van der Waals surface area contributed by atoms with E-state index in [2.05, 4.69) is 9.97 Å². The molecule has 3 heterocycles. The lowest BCUT2D eigenvalue weighted by Crippen LogP contribution is -2.18. The van der Waals surface area contributed by atoms with Crippen molar-refractivity contribution in [3.05, 3.63) is 52.6 Å². The molecular formula is C18H19N3O2. The third-order valence-corrected chi connectivity index (χ3v) is 4.47. The van der Waals surface area contributed by atoms with E-state index in [0.717, 1.165) is 42.5 Å². The number of para-hydroxylation sites is 1. The third kappa shape index (κ3) is 2.57. The van der Waals surface area contributed by atoms with Gasteiger partial charge in [0.2, 0.25) is 0 Å². The Bertz CT molecular complexity index is 904. The van der Waals surface area contributed by atoms with Crippen LogP contribution in [0.3, 0.4) is 0 Å². The molecule has 1 saturated heterocycles. The molecule has 2 aromatic heterocycles. The van der Waals surface area contributed by atoms with E-state index in [4.69, 9.17) is 4.74 Å². The van der Waals surface area contributed by atoms with Crippen molar-refractivity contribution in [2.75, 3.05) is 6.61 Å². The normalized spacial score (nSPS) is 17.9. The number of benzene rings is 1. The highest BCUT2D eigenvalue weighted by Crippen LogP contribution is 2.22. The third-order valence-electron chi connectivity index (χ3n) is 4.47. The van der Waals surface area contributed by atoms with Gasteiger partial charge in [0, 0.05) is 19.0 Å². The van der Waals surface area contributed by atoms with E-state index in [0.29, 0.717) is 11.4 Å². The second-order valence-corrected chi connectivity index (χ2v) is 6.09. The molecule has 1 unspecified atom stereocenters. The highest BCUT2D eigenvalue weighted by molar-refractivity contribution is 5.84. The summed E-state index contributed by atoms with van der Waals surface area (Å²) in [5.74, 6) is 0.699. The van der Waals surface area contributed by atoms with E-state index in [-0.39, 0.29) is 11.7 Å². The Kier molecular flexibility index (Phi) is 3.50. The maximum absolute atomic E-state index is 12.5. The van der Waals surface area contributed by atoms with Crippen molar-refractivity contribution >= 4 is 10.9 Å². The summed E-state index contributed by atoms with van der Waals surface area (Å²) < 4.78 is 7.71. The van der Waals surface area contributed by atoms with Crippen LogP contribution in [0.25, 0.3) is 22.3 Å². The van der Waals surface area contributed by atoms with E-state index in [1.54, 1.807) is 6.20 Å². The van der Waals surface area contributed by atoms with Crippen molar-refractivity contribution in [2.45, 2.75) is 32.4 Å². The first-order chi connectivity index (χ1) is 11.2.